The second kappa shape index (κ2) is 7.19. The van der Waals surface area contributed by atoms with Crippen LogP contribution in [0.1, 0.15) is 17.8 Å². The van der Waals surface area contributed by atoms with Crippen LogP contribution in [0.15, 0.2) is 11.6 Å². The van der Waals surface area contributed by atoms with Crippen LogP contribution in [0, 0.1) is 0 Å². The van der Waals surface area contributed by atoms with Gasteiger partial charge in [0.25, 0.3) is 0 Å². The van der Waals surface area contributed by atoms with Crippen molar-refractivity contribution in [3.63, 3.8) is 0 Å². The predicted molar refractivity (Wildman–Crippen MR) is 58.6 cm³/mol. The molecule has 0 radical (unpaired) electrons. The molecule has 0 unspecified atom stereocenters. The normalized spacial score (nSPS) is 10.1. The van der Waals surface area contributed by atoms with Gasteiger partial charge in [0.05, 0.1) is 6.61 Å². The quantitative estimate of drug-likeness (QED) is 0.687. The lowest BCUT2D eigenvalue weighted by Crippen LogP contribution is -2.17. The summed E-state index contributed by atoms with van der Waals surface area (Å²) in [7, 11) is 0. The molecule has 0 aliphatic heterocycles. The molecule has 0 saturated carbocycles. The zero-order valence-electron chi connectivity index (χ0n) is 8.44. The zero-order valence-corrected chi connectivity index (χ0v) is 9.26. The van der Waals surface area contributed by atoms with E-state index in [1.165, 1.54) is 0 Å². The molecule has 0 spiro atoms. The number of unbranched alkanes of at least 4 members (excludes halogenated alkanes) is 1. The third-order valence-electron chi connectivity index (χ3n) is 1.75. The molecule has 1 amide bonds. The summed E-state index contributed by atoms with van der Waals surface area (Å²) < 4.78 is 4.60. The minimum Gasteiger partial charge on any atom is -0.450 e. The van der Waals surface area contributed by atoms with Crippen molar-refractivity contribution in [3.05, 3.63) is 16.6 Å². The molecule has 0 aliphatic rings. The predicted octanol–water partition coefficient (Wildman–Crippen LogP) is 1.11. The van der Waals surface area contributed by atoms with E-state index in [0.29, 0.717) is 6.61 Å². The molecular formula is C9H15N3O2S. The Labute approximate surface area is 92.6 Å². The van der Waals surface area contributed by atoms with Gasteiger partial charge >= 0.3 is 6.09 Å². The highest BCUT2D eigenvalue weighted by atomic mass is 32.1. The molecule has 0 aliphatic carbocycles. The fraction of sp³-hybridized carbons (Fsp3) is 0.556. The van der Waals surface area contributed by atoms with Gasteiger partial charge in [-0.3, -0.25) is 0 Å². The highest BCUT2D eigenvalue weighted by Gasteiger charge is 1.95. The fourth-order valence-corrected chi connectivity index (χ4v) is 1.65. The van der Waals surface area contributed by atoms with Crippen molar-refractivity contribution in [2.24, 2.45) is 5.73 Å². The van der Waals surface area contributed by atoms with Gasteiger partial charge in [-0.15, -0.1) is 11.3 Å². The summed E-state index contributed by atoms with van der Waals surface area (Å²) >= 11 is 1.64. The third-order valence-corrected chi connectivity index (χ3v) is 2.53. The molecule has 0 fully saturated rings. The van der Waals surface area contributed by atoms with Crippen LogP contribution in [0.5, 0.6) is 0 Å². The maximum atomic E-state index is 10.2. The Morgan fingerprint density at radius 1 is 1.60 bits per heavy atom. The molecule has 0 atom stereocenters. The maximum absolute atomic E-state index is 10.2. The molecule has 15 heavy (non-hydrogen) atoms. The van der Waals surface area contributed by atoms with Crippen molar-refractivity contribution >= 4 is 17.4 Å². The van der Waals surface area contributed by atoms with Crippen LogP contribution in [0.4, 0.5) is 4.79 Å². The van der Waals surface area contributed by atoms with Gasteiger partial charge in [0, 0.05) is 18.1 Å². The number of nitrogens with one attached hydrogen (secondary N) is 1. The van der Waals surface area contributed by atoms with Gasteiger partial charge in [-0.25, -0.2) is 9.78 Å². The van der Waals surface area contributed by atoms with Crippen LogP contribution >= 0.6 is 11.3 Å². The first-order valence-corrected chi connectivity index (χ1v) is 5.68. The highest BCUT2D eigenvalue weighted by Crippen LogP contribution is 2.02. The lowest BCUT2D eigenvalue weighted by Gasteiger charge is -2.02. The average molecular weight is 229 g/mol. The monoisotopic (exact) mass is 229 g/mol. The molecule has 1 rings (SSSR count). The van der Waals surface area contributed by atoms with Crippen molar-refractivity contribution in [1.29, 1.82) is 0 Å². The highest BCUT2D eigenvalue weighted by molar-refractivity contribution is 7.09. The summed E-state index contributed by atoms with van der Waals surface area (Å²) in [6.07, 6.45) is 2.88. The van der Waals surface area contributed by atoms with E-state index in [1.54, 1.807) is 17.5 Å². The average Bonchev–Trinajstić information content (AvgIpc) is 2.68. The number of hydrogen-bond acceptors (Lipinski definition) is 5. The summed E-state index contributed by atoms with van der Waals surface area (Å²) in [6, 6.07) is 0. The van der Waals surface area contributed by atoms with E-state index in [1.807, 2.05) is 5.38 Å². The van der Waals surface area contributed by atoms with E-state index in [0.717, 1.165) is 30.9 Å². The fourth-order valence-electron chi connectivity index (χ4n) is 1.06. The molecule has 0 bridgehead atoms. The molecule has 1 aromatic heterocycles. The minimum absolute atomic E-state index is 0.397. The number of ether oxygens (including phenoxy) is 1. The molecule has 1 aromatic rings. The van der Waals surface area contributed by atoms with Crippen LogP contribution < -0.4 is 11.1 Å². The van der Waals surface area contributed by atoms with Gasteiger partial charge in [-0.2, -0.15) is 0 Å². The number of nitrogens with zero attached hydrogens (tertiary/aromatic N) is 1. The number of rotatable bonds is 7. The Morgan fingerprint density at radius 3 is 3.13 bits per heavy atom. The van der Waals surface area contributed by atoms with Gasteiger partial charge in [-0.1, -0.05) is 0 Å². The van der Waals surface area contributed by atoms with E-state index in [4.69, 9.17) is 5.73 Å². The standard InChI is InChI=1S/C9H15N3O2S/c10-9(13)14-5-2-1-3-11-7-8-12-4-6-15-8/h4,6,11H,1-3,5,7H2,(H2,10,13). The summed E-state index contributed by atoms with van der Waals surface area (Å²) in [4.78, 5) is 14.4. The van der Waals surface area contributed by atoms with Crippen molar-refractivity contribution in [1.82, 2.24) is 10.3 Å². The largest absolute Gasteiger partial charge is 0.450 e. The molecule has 0 saturated heterocycles. The number of amides is 1. The summed E-state index contributed by atoms with van der Waals surface area (Å²) in [6.45, 7) is 2.09. The first-order valence-electron chi connectivity index (χ1n) is 4.80. The number of carbonyl (C=O) groups excluding carboxylic acids is 1. The van der Waals surface area contributed by atoms with Gasteiger partial charge in [-0.05, 0) is 19.4 Å². The van der Waals surface area contributed by atoms with Crippen LogP contribution in [0.2, 0.25) is 0 Å². The Hall–Kier alpha value is -1.14. The second-order valence-electron chi connectivity index (χ2n) is 2.98. The summed E-state index contributed by atoms with van der Waals surface area (Å²) in [5, 5.41) is 6.29. The summed E-state index contributed by atoms with van der Waals surface area (Å²) in [5.41, 5.74) is 4.81. The number of aromatic nitrogens is 1. The molecule has 6 heteroatoms. The second-order valence-corrected chi connectivity index (χ2v) is 3.96. The number of hydrogen-bond donors (Lipinski definition) is 2. The van der Waals surface area contributed by atoms with Crippen molar-refractivity contribution in [2.75, 3.05) is 13.2 Å². The van der Waals surface area contributed by atoms with Gasteiger partial charge < -0.3 is 15.8 Å². The summed E-state index contributed by atoms with van der Waals surface area (Å²) in [5.74, 6) is 0. The van der Waals surface area contributed by atoms with Crippen LogP contribution in [0.3, 0.4) is 0 Å². The Morgan fingerprint density at radius 2 is 2.47 bits per heavy atom. The smallest absolute Gasteiger partial charge is 0.404 e. The lowest BCUT2D eigenvalue weighted by atomic mass is 10.3. The maximum Gasteiger partial charge on any atom is 0.404 e. The Balaban J connectivity index is 1.87. The number of nitrogens with two attached hydrogens (primary N) is 1. The molecule has 1 heterocycles. The topological polar surface area (TPSA) is 77.2 Å². The van der Waals surface area contributed by atoms with Crippen LogP contribution in [-0.2, 0) is 11.3 Å². The Bertz CT molecular complexity index is 277. The van der Waals surface area contributed by atoms with Gasteiger partial charge in [0.2, 0.25) is 0 Å². The third kappa shape index (κ3) is 6.03. The van der Waals surface area contributed by atoms with Crippen molar-refractivity contribution < 1.29 is 9.53 Å². The van der Waals surface area contributed by atoms with Crippen molar-refractivity contribution in [3.8, 4) is 0 Å². The SMILES string of the molecule is NC(=O)OCCCCNCc1nccs1. The van der Waals surface area contributed by atoms with Gasteiger partial charge in [0.1, 0.15) is 5.01 Å². The minimum atomic E-state index is -0.703. The van der Waals surface area contributed by atoms with E-state index < -0.39 is 6.09 Å². The lowest BCUT2D eigenvalue weighted by molar-refractivity contribution is 0.154. The molecule has 3 N–H and O–H groups in total. The van der Waals surface area contributed by atoms with Crippen LogP contribution in [-0.4, -0.2) is 24.2 Å². The number of thiazole rings is 1. The van der Waals surface area contributed by atoms with Crippen molar-refractivity contribution in [2.45, 2.75) is 19.4 Å². The molecule has 0 aromatic carbocycles. The first-order chi connectivity index (χ1) is 7.29. The number of primary amides is 1. The van der Waals surface area contributed by atoms with E-state index in [-0.39, 0.29) is 0 Å². The molecule has 84 valence electrons. The number of carbonyl (C=O) groups is 1. The van der Waals surface area contributed by atoms with E-state index in [2.05, 4.69) is 15.0 Å². The first kappa shape index (κ1) is 11.9. The van der Waals surface area contributed by atoms with E-state index >= 15 is 0 Å². The van der Waals surface area contributed by atoms with Gasteiger partial charge in [0.15, 0.2) is 0 Å². The molecule has 5 nitrogen and oxygen atoms in total. The Kier molecular flexibility index (Phi) is 5.72. The molecular weight excluding hydrogens is 214 g/mol. The zero-order chi connectivity index (χ0) is 10.9. The van der Waals surface area contributed by atoms with E-state index in [9.17, 15) is 4.79 Å². The van der Waals surface area contributed by atoms with Crippen LogP contribution in [0.25, 0.3) is 0 Å².